The standard InChI is InChI=1S/C9H15NO3/c1-3-4-13-9(12)10-5-8(6-10)7(2)11/h3,7-8,11H,1,4-6H2,2H3/t7-/m0/s1. The van der Waals surface area contributed by atoms with E-state index in [0.717, 1.165) is 0 Å². The molecule has 4 heteroatoms. The van der Waals surface area contributed by atoms with Gasteiger partial charge in [-0.2, -0.15) is 0 Å². The second-order valence-electron chi connectivity index (χ2n) is 3.27. The van der Waals surface area contributed by atoms with E-state index in [-0.39, 0.29) is 24.7 Å². The summed E-state index contributed by atoms with van der Waals surface area (Å²) in [5.74, 6) is 0.205. The smallest absolute Gasteiger partial charge is 0.410 e. The molecule has 1 rings (SSSR count). The first-order chi connectivity index (χ1) is 6.15. The summed E-state index contributed by atoms with van der Waals surface area (Å²) in [6, 6.07) is 0. The van der Waals surface area contributed by atoms with Crippen molar-refractivity contribution in [3.8, 4) is 0 Å². The quantitative estimate of drug-likeness (QED) is 0.656. The van der Waals surface area contributed by atoms with Crippen LogP contribution >= 0.6 is 0 Å². The number of hydrogen-bond acceptors (Lipinski definition) is 3. The zero-order valence-electron chi connectivity index (χ0n) is 7.77. The van der Waals surface area contributed by atoms with Gasteiger partial charge in [0.1, 0.15) is 6.61 Å². The van der Waals surface area contributed by atoms with Crippen LogP contribution in [0.3, 0.4) is 0 Å². The van der Waals surface area contributed by atoms with Crippen LogP contribution in [0.5, 0.6) is 0 Å². The Kier molecular flexibility index (Phi) is 3.31. The molecule has 0 radical (unpaired) electrons. The van der Waals surface area contributed by atoms with Crippen molar-refractivity contribution in [2.75, 3.05) is 19.7 Å². The first-order valence-corrected chi connectivity index (χ1v) is 4.35. The molecule has 4 nitrogen and oxygen atoms in total. The summed E-state index contributed by atoms with van der Waals surface area (Å²) in [6.45, 7) is 6.60. The lowest BCUT2D eigenvalue weighted by molar-refractivity contribution is 0.00445. The van der Waals surface area contributed by atoms with E-state index in [9.17, 15) is 4.79 Å². The number of rotatable bonds is 3. The molecule has 74 valence electrons. The number of carbonyl (C=O) groups excluding carboxylic acids is 1. The average Bonchev–Trinajstić information content (AvgIpc) is 1.97. The highest BCUT2D eigenvalue weighted by atomic mass is 16.6. The third-order valence-corrected chi connectivity index (χ3v) is 2.17. The van der Waals surface area contributed by atoms with Crippen LogP contribution in [-0.4, -0.2) is 41.9 Å². The summed E-state index contributed by atoms with van der Waals surface area (Å²) in [6.07, 6.45) is 0.865. The van der Waals surface area contributed by atoms with Crippen LogP contribution in [0.25, 0.3) is 0 Å². The number of aliphatic hydroxyl groups is 1. The van der Waals surface area contributed by atoms with Crippen LogP contribution in [0, 0.1) is 5.92 Å². The highest BCUT2D eigenvalue weighted by molar-refractivity contribution is 5.68. The van der Waals surface area contributed by atoms with E-state index in [1.54, 1.807) is 11.8 Å². The number of ether oxygens (including phenoxy) is 1. The normalized spacial score (nSPS) is 19.1. The van der Waals surface area contributed by atoms with Gasteiger partial charge in [0.25, 0.3) is 0 Å². The third kappa shape index (κ3) is 2.45. The van der Waals surface area contributed by atoms with Crippen LogP contribution in [-0.2, 0) is 4.74 Å². The predicted molar refractivity (Wildman–Crippen MR) is 48.3 cm³/mol. The van der Waals surface area contributed by atoms with E-state index in [2.05, 4.69) is 6.58 Å². The maximum Gasteiger partial charge on any atom is 0.410 e. The number of amides is 1. The largest absolute Gasteiger partial charge is 0.445 e. The Hall–Kier alpha value is -1.03. The lowest BCUT2D eigenvalue weighted by Crippen LogP contribution is -2.53. The summed E-state index contributed by atoms with van der Waals surface area (Å²) in [4.78, 5) is 12.7. The molecule has 1 aliphatic rings. The molecule has 1 heterocycles. The van der Waals surface area contributed by atoms with Gasteiger partial charge in [-0.25, -0.2) is 4.79 Å². The highest BCUT2D eigenvalue weighted by Gasteiger charge is 2.34. The Morgan fingerprint density at radius 3 is 2.92 bits per heavy atom. The van der Waals surface area contributed by atoms with Crippen molar-refractivity contribution in [3.05, 3.63) is 12.7 Å². The maximum absolute atomic E-state index is 11.1. The van der Waals surface area contributed by atoms with Crippen LogP contribution in [0.1, 0.15) is 6.92 Å². The summed E-state index contributed by atoms with van der Waals surface area (Å²) in [5.41, 5.74) is 0. The average molecular weight is 185 g/mol. The molecular weight excluding hydrogens is 170 g/mol. The van der Waals surface area contributed by atoms with Gasteiger partial charge < -0.3 is 14.7 Å². The van der Waals surface area contributed by atoms with Crippen molar-refractivity contribution in [2.45, 2.75) is 13.0 Å². The number of hydrogen-bond donors (Lipinski definition) is 1. The van der Waals surface area contributed by atoms with E-state index in [1.807, 2.05) is 0 Å². The summed E-state index contributed by atoms with van der Waals surface area (Å²) < 4.78 is 4.81. The fourth-order valence-electron chi connectivity index (χ4n) is 1.19. The highest BCUT2D eigenvalue weighted by Crippen LogP contribution is 2.19. The zero-order valence-corrected chi connectivity index (χ0v) is 7.77. The second kappa shape index (κ2) is 4.28. The molecule has 0 spiro atoms. The predicted octanol–water partition coefficient (Wildman–Crippen LogP) is 0.622. The Bertz CT molecular complexity index is 197. The van der Waals surface area contributed by atoms with E-state index >= 15 is 0 Å². The second-order valence-corrected chi connectivity index (χ2v) is 3.27. The van der Waals surface area contributed by atoms with Gasteiger partial charge in [-0.1, -0.05) is 12.7 Å². The molecule has 0 unspecified atom stereocenters. The monoisotopic (exact) mass is 185 g/mol. The molecule has 1 fully saturated rings. The first kappa shape index (κ1) is 10.1. The van der Waals surface area contributed by atoms with Gasteiger partial charge in [-0.3, -0.25) is 0 Å². The molecule has 0 aliphatic carbocycles. The minimum Gasteiger partial charge on any atom is -0.445 e. The van der Waals surface area contributed by atoms with Gasteiger partial charge in [0.15, 0.2) is 0 Å². The minimum atomic E-state index is -0.344. The van der Waals surface area contributed by atoms with Crippen molar-refractivity contribution in [3.63, 3.8) is 0 Å². The van der Waals surface area contributed by atoms with E-state index in [4.69, 9.17) is 9.84 Å². The number of carbonyl (C=O) groups is 1. The van der Waals surface area contributed by atoms with E-state index in [0.29, 0.717) is 13.1 Å². The van der Waals surface area contributed by atoms with Crippen molar-refractivity contribution in [1.29, 1.82) is 0 Å². The molecule has 0 aromatic rings. The van der Waals surface area contributed by atoms with Crippen molar-refractivity contribution >= 4 is 6.09 Å². The third-order valence-electron chi connectivity index (χ3n) is 2.17. The lowest BCUT2D eigenvalue weighted by atomic mass is 9.95. The fourth-order valence-corrected chi connectivity index (χ4v) is 1.19. The zero-order chi connectivity index (χ0) is 9.84. The maximum atomic E-state index is 11.1. The van der Waals surface area contributed by atoms with Gasteiger partial charge >= 0.3 is 6.09 Å². The Labute approximate surface area is 77.8 Å². The van der Waals surface area contributed by atoms with E-state index in [1.165, 1.54) is 6.08 Å². The molecule has 13 heavy (non-hydrogen) atoms. The fraction of sp³-hybridized carbons (Fsp3) is 0.667. The number of aliphatic hydroxyl groups excluding tert-OH is 1. The molecule has 1 atom stereocenters. The lowest BCUT2D eigenvalue weighted by Gasteiger charge is -2.39. The van der Waals surface area contributed by atoms with Crippen LogP contribution < -0.4 is 0 Å². The SMILES string of the molecule is C=CCOC(=O)N1CC([C@H](C)O)C1. The molecular formula is C9H15NO3. The summed E-state index contributed by atoms with van der Waals surface area (Å²) >= 11 is 0. The number of nitrogens with zero attached hydrogens (tertiary/aromatic N) is 1. The molecule has 1 amide bonds. The van der Waals surface area contributed by atoms with Crippen molar-refractivity contribution in [1.82, 2.24) is 4.90 Å². The minimum absolute atomic E-state index is 0.205. The van der Waals surface area contributed by atoms with Crippen molar-refractivity contribution in [2.24, 2.45) is 5.92 Å². The molecule has 0 bridgehead atoms. The Morgan fingerprint density at radius 1 is 1.85 bits per heavy atom. The molecule has 0 saturated carbocycles. The Morgan fingerprint density at radius 2 is 2.46 bits per heavy atom. The molecule has 1 aliphatic heterocycles. The summed E-state index contributed by atoms with van der Waals surface area (Å²) in [5, 5.41) is 9.15. The van der Waals surface area contributed by atoms with E-state index < -0.39 is 0 Å². The summed E-state index contributed by atoms with van der Waals surface area (Å²) in [7, 11) is 0. The molecule has 0 aromatic carbocycles. The van der Waals surface area contributed by atoms with Crippen LogP contribution in [0.15, 0.2) is 12.7 Å². The van der Waals surface area contributed by atoms with Gasteiger partial charge in [0.2, 0.25) is 0 Å². The molecule has 1 N–H and O–H groups in total. The van der Waals surface area contributed by atoms with Gasteiger partial charge in [0.05, 0.1) is 6.10 Å². The first-order valence-electron chi connectivity index (χ1n) is 4.35. The molecule has 1 saturated heterocycles. The Balaban J connectivity index is 2.19. The van der Waals surface area contributed by atoms with Crippen molar-refractivity contribution < 1.29 is 14.6 Å². The van der Waals surface area contributed by atoms with Gasteiger partial charge in [-0.15, -0.1) is 0 Å². The topological polar surface area (TPSA) is 49.8 Å². The van der Waals surface area contributed by atoms with Crippen LogP contribution in [0.2, 0.25) is 0 Å². The number of likely N-dealkylation sites (tertiary alicyclic amines) is 1. The van der Waals surface area contributed by atoms with Gasteiger partial charge in [0, 0.05) is 19.0 Å². The van der Waals surface area contributed by atoms with Gasteiger partial charge in [-0.05, 0) is 6.92 Å². The molecule has 0 aromatic heterocycles. The van der Waals surface area contributed by atoms with Crippen LogP contribution in [0.4, 0.5) is 4.79 Å².